The van der Waals surface area contributed by atoms with Crippen molar-refractivity contribution in [2.24, 2.45) is 0 Å². The highest BCUT2D eigenvalue weighted by Gasteiger charge is 2.20. The van der Waals surface area contributed by atoms with Gasteiger partial charge in [0.05, 0.1) is 6.61 Å². The molecule has 0 aliphatic heterocycles. The molecule has 0 spiro atoms. The zero-order valence-corrected chi connectivity index (χ0v) is 14.6. The summed E-state index contributed by atoms with van der Waals surface area (Å²) in [5.41, 5.74) is 1.15. The van der Waals surface area contributed by atoms with E-state index in [2.05, 4.69) is 5.32 Å². The van der Waals surface area contributed by atoms with Gasteiger partial charge in [-0.25, -0.2) is 9.59 Å². The SMILES string of the molecule is O=C(O)/C=C/C[C@H](OC(=O)Nc1ccccc1)c1ccccc1OCCO. The van der Waals surface area contributed by atoms with Crippen LogP contribution in [-0.4, -0.2) is 35.5 Å². The van der Waals surface area contributed by atoms with E-state index in [0.717, 1.165) is 6.08 Å². The van der Waals surface area contributed by atoms with Gasteiger partial charge in [-0.1, -0.05) is 42.5 Å². The number of hydrogen-bond donors (Lipinski definition) is 3. The Morgan fingerprint density at radius 1 is 1.07 bits per heavy atom. The lowest BCUT2D eigenvalue weighted by atomic mass is 10.0. The topological polar surface area (TPSA) is 105 Å². The Bertz CT molecular complexity index is 775. The number of aliphatic carboxylic acids is 1. The van der Waals surface area contributed by atoms with Gasteiger partial charge in [-0.15, -0.1) is 0 Å². The number of ether oxygens (including phenoxy) is 2. The molecular formula is C20H21NO6. The van der Waals surface area contributed by atoms with E-state index in [1.807, 2.05) is 6.07 Å². The molecule has 0 heterocycles. The molecule has 3 N–H and O–H groups in total. The predicted molar refractivity (Wildman–Crippen MR) is 99.7 cm³/mol. The minimum atomic E-state index is -1.09. The van der Waals surface area contributed by atoms with Crippen molar-refractivity contribution in [1.29, 1.82) is 0 Å². The molecular weight excluding hydrogens is 350 g/mol. The molecule has 0 aliphatic carbocycles. The largest absolute Gasteiger partial charge is 0.491 e. The number of nitrogens with one attached hydrogen (secondary N) is 1. The van der Waals surface area contributed by atoms with Crippen LogP contribution >= 0.6 is 0 Å². The summed E-state index contributed by atoms with van der Waals surface area (Å²) in [7, 11) is 0. The first-order valence-electron chi connectivity index (χ1n) is 8.35. The zero-order valence-electron chi connectivity index (χ0n) is 14.6. The summed E-state index contributed by atoms with van der Waals surface area (Å²) in [4.78, 5) is 23.0. The van der Waals surface area contributed by atoms with Gasteiger partial charge in [0.2, 0.25) is 0 Å². The maximum Gasteiger partial charge on any atom is 0.412 e. The van der Waals surface area contributed by atoms with Crippen LogP contribution in [0.25, 0.3) is 0 Å². The van der Waals surface area contributed by atoms with Gasteiger partial charge in [0.1, 0.15) is 18.5 Å². The number of rotatable bonds is 9. The summed E-state index contributed by atoms with van der Waals surface area (Å²) in [5, 5.41) is 20.4. The van der Waals surface area contributed by atoms with Crippen LogP contribution in [0.2, 0.25) is 0 Å². The molecule has 2 aromatic carbocycles. The number of benzene rings is 2. The Morgan fingerprint density at radius 2 is 1.78 bits per heavy atom. The molecule has 1 amide bonds. The average Bonchev–Trinajstić information content (AvgIpc) is 2.66. The molecule has 142 valence electrons. The highest BCUT2D eigenvalue weighted by molar-refractivity contribution is 5.84. The maximum absolute atomic E-state index is 12.3. The predicted octanol–water partition coefficient (Wildman–Crippen LogP) is 3.38. The maximum atomic E-state index is 12.3. The second-order valence-electron chi connectivity index (χ2n) is 5.47. The van der Waals surface area contributed by atoms with Crippen LogP contribution in [0.15, 0.2) is 66.7 Å². The summed E-state index contributed by atoms with van der Waals surface area (Å²) >= 11 is 0. The molecule has 27 heavy (non-hydrogen) atoms. The van der Waals surface area contributed by atoms with Gasteiger partial charge in [-0.05, 0) is 18.2 Å². The van der Waals surface area contributed by atoms with Crippen LogP contribution in [0.3, 0.4) is 0 Å². The number of para-hydroxylation sites is 2. The Kier molecular flexibility index (Phi) is 7.87. The molecule has 0 saturated carbocycles. The molecule has 0 fully saturated rings. The third-order valence-corrected chi connectivity index (χ3v) is 3.49. The van der Waals surface area contributed by atoms with Crippen molar-refractivity contribution in [2.45, 2.75) is 12.5 Å². The van der Waals surface area contributed by atoms with Gasteiger partial charge < -0.3 is 19.7 Å². The minimum absolute atomic E-state index is 0.0882. The zero-order chi connectivity index (χ0) is 19.5. The Morgan fingerprint density at radius 3 is 2.48 bits per heavy atom. The second kappa shape index (κ2) is 10.6. The van der Waals surface area contributed by atoms with Crippen LogP contribution in [-0.2, 0) is 9.53 Å². The lowest BCUT2D eigenvalue weighted by molar-refractivity contribution is -0.131. The van der Waals surface area contributed by atoms with Gasteiger partial charge >= 0.3 is 12.1 Å². The molecule has 0 aliphatic rings. The highest BCUT2D eigenvalue weighted by atomic mass is 16.6. The van der Waals surface area contributed by atoms with Gasteiger partial charge in [-0.2, -0.15) is 0 Å². The average molecular weight is 371 g/mol. The third kappa shape index (κ3) is 6.83. The van der Waals surface area contributed by atoms with E-state index in [0.29, 0.717) is 17.0 Å². The summed E-state index contributed by atoms with van der Waals surface area (Å²) in [6.07, 6.45) is 1.11. The summed E-state index contributed by atoms with van der Waals surface area (Å²) in [6.45, 7) is -0.0713. The summed E-state index contributed by atoms with van der Waals surface area (Å²) in [5.74, 6) is -0.639. The molecule has 1 atom stereocenters. The van der Waals surface area contributed by atoms with Crippen LogP contribution < -0.4 is 10.1 Å². The van der Waals surface area contributed by atoms with E-state index in [1.54, 1.807) is 48.5 Å². The first kappa shape index (κ1) is 20.0. The van der Waals surface area contributed by atoms with Crippen molar-refractivity contribution in [1.82, 2.24) is 0 Å². The highest BCUT2D eigenvalue weighted by Crippen LogP contribution is 2.31. The Balaban J connectivity index is 2.18. The van der Waals surface area contributed by atoms with E-state index >= 15 is 0 Å². The van der Waals surface area contributed by atoms with Crippen molar-refractivity contribution < 1.29 is 29.3 Å². The smallest absolute Gasteiger partial charge is 0.412 e. The van der Waals surface area contributed by atoms with Gasteiger partial charge in [-0.3, -0.25) is 5.32 Å². The normalized spacial score (nSPS) is 11.7. The molecule has 2 aromatic rings. The molecule has 0 bridgehead atoms. The fraction of sp³-hybridized carbons (Fsp3) is 0.200. The quantitative estimate of drug-likeness (QED) is 0.584. The van der Waals surface area contributed by atoms with Crippen LogP contribution in [0, 0.1) is 0 Å². The summed E-state index contributed by atoms with van der Waals surface area (Å²) < 4.78 is 11.0. The van der Waals surface area contributed by atoms with Gasteiger partial charge in [0, 0.05) is 23.7 Å². The monoisotopic (exact) mass is 371 g/mol. The van der Waals surface area contributed by atoms with E-state index in [-0.39, 0.29) is 19.6 Å². The number of amides is 1. The first-order chi connectivity index (χ1) is 13.1. The van der Waals surface area contributed by atoms with E-state index in [4.69, 9.17) is 19.7 Å². The number of aliphatic hydroxyl groups is 1. The van der Waals surface area contributed by atoms with Crippen LogP contribution in [0.5, 0.6) is 5.75 Å². The Labute approximate surface area is 156 Å². The molecule has 0 radical (unpaired) electrons. The van der Waals surface area contributed by atoms with E-state index in [1.165, 1.54) is 6.08 Å². The fourth-order valence-corrected chi connectivity index (χ4v) is 2.36. The lowest BCUT2D eigenvalue weighted by Gasteiger charge is -2.20. The van der Waals surface area contributed by atoms with Crippen molar-refractivity contribution in [3.05, 3.63) is 72.3 Å². The fourth-order valence-electron chi connectivity index (χ4n) is 2.36. The molecule has 0 unspecified atom stereocenters. The number of carboxylic acid groups (broad SMARTS) is 1. The molecule has 7 heteroatoms. The number of aliphatic hydroxyl groups excluding tert-OH is 1. The van der Waals surface area contributed by atoms with Crippen molar-refractivity contribution in [3.8, 4) is 5.75 Å². The van der Waals surface area contributed by atoms with Crippen molar-refractivity contribution in [3.63, 3.8) is 0 Å². The third-order valence-electron chi connectivity index (χ3n) is 3.49. The van der Waals surface area contributed by atoms with Gasteiger partial charge in [0.15, 0.2) is 0 Å². The van der Waals surface area contributed by atoms with Crippen LogP contribution in [0.4, 0.5) is 10.5 Å². The molecule has 2 rings (SSSR count). The number of anilines is 1. The summed E-state index contributed by atoms with van der Waals surface area (Å²) in [6, 6.07) is 15.8. The first-order valence-corrected chi connectivity index (χ1v) is 8.35. The number of carbonyl (C=O) groups excluding carboxylic acids is 1. The van der Waals surface area contributed by atoms with Gasteiger partial charge in [0.25, 0.3) is 0 Å². The molecule has 0 saturated heterocycles. The lowest BCUT2D eigenvalue weighted by Crippen LogP contribution is -2.18. The minimum Gasteiger partial charge on any atom is -0.491 e. The Hall–Kier alpha value is -3.32. The van der Waals surface area contributed by atoms with E-state index < -0.39 is 18.2 Å². The number of hydrogen-bond acceptors (Lipinski definition) is 5. The van der Waals surface area contributed by atoms with Crippen molar-refractivity contribution in [2.75, 3.05) is 18.5 Å². The van der Waals surface area contributed by atoms with Crippen LogP contribution in [0.1, 0.15) is 18.1 Å². The number of carboxylic acids is 1. The van der Waals surface area contributed by atoms with Crippen molar-refractivity contribution >= 4 is 17.7 Å². The second-order valence-corrected chi connectivity index (χ2v) is 5.47. The molecule has 0 aromatic heterocycles. The van der Waals surface area contributed by atoms with E-state index in [9.17, 15) is 9.59 Å². The number of carbonyl (C=O) groups is 2. The standard InChI is InChI=1S/C20H21NO6/c22-13-14-26-17-10-5-4-9-16(17)18(11-6-12-19(23)24)27-20(25)21-15-7-2-1-3-8-15/h1-10,12,18,22H,11,13-14H2,(H,21,25)(H,23,24)/b12-6+/t18-/m0/s1. The molecule has 7 nitrogen and oxygen atoms in total.